The molecule has 0 aliphatic carbocycles. The minimum atomic E-state index is -0.872. The SMILES string of the molecule is CCC(CC(=O)O)n1nnnc1-c1ccn[nH]1. The molecule has 17 heavy (non-hydrogen) atoms. The summed E-state index contributed by atoms with van der Waals surface area (Å²) in [5.41, 5.74) is 0.666. The Morgan fingerprint density at radius 3 is 3.06 bits per heavy atom. The van der Waals surface area contributed by atoms with Gasteiger partial charge in [0.1, 0.15) is 5.69 Å². The zero-order valence-corrected chi connectivity index (χ0v) is 9.24. The van der Waals surface area contributed by atoms with Gasteiger partial charge in [-0.3, -0.25) is 9.89 Å². The largest absolute Gasteiger partial charge is 0.481 e. The Bertz CT molecular complexity index is 491. The third kappa shape index (κ3) is 2.30. The Hall–Kier alpha value is -2.25. The van der Waals surface area contributed by atoms with Crippen LogP contribution in [-0.4, -0.2) is 41.5 Å². The molecule has 2 aromatic rings. The smallest absolute Gasteiger partial charge is 0.305 e. The maximum Gasteiger partial charge on any atom is 0.305 e. The van der Waals surface area contributed by atoms with E-state index in [1.807, 2.05) is 6.92 Å². The van der Waals surface area contributed by atoms with E-state index in [1.165, 1.54) is 4.68 Å². The summed E-state index contributed by atoms with van der Waals surface area (Å²) in [6, 6.07) is 1.47. The summed E-state index contributed by atoms with van der Waals surface area (Å²) in [5, 5.41) is 26.7. The number of aromatic nitrogens is 6. The quantitative estimate of drug-likeness (QED) is 0.781. The normalized spacial score (nSPS) is 12.5. The number of H-pyrrole nitrogens is 1. The molecule has 0 aromatic carbocycles. The van der Waals surface area contributed by atoms with Gasteiger partial charge in [-0.15, -0.1) is 5.10 Å². The van der Waals surface area contributed by atoms with Crippen LogP contribution in [0.25, 0.3) is 11.5 Å². The van der Waals surface area contributed by atoms with Crippen molar-refractivity contribution in [2.45, 2.75) is 25.8 Å². The van der Waals surface area contributed by atoms with E-state index in [2.05, 4.69) is 25.7 Å². The highest BCUT2D eigenvalue weighted by atomic mass is 16.4. The molecule has 0 amide bonds. The summed E-state index contributed by atoms with van der Waals surface area (Å²) in [6.07, 6.45) is 2.22. The highest BCUT2D eigenvalue weighted by Gasteiger charge is 2.20. The van der Waals surface area contributed by atoms with Crippen molar-refractivity contribution in [2.75, 3.05) is 0 Å². The zero-order valence-electron chi connectivity index (χ0n) is 9.24. The van der Waals surface area contributed by atoms with E-state index < -0.39 is 5.97 Å². The number of carboxylic acid groups (broad SMARTS) is 1. The zero-order chi connectivity index (χ0) is 12.3. The van der Waals surface area contributed by atoms with Crippen molar-refractivity contribution in [3.05, 3.63) is 12.3 Å². The lowest BCUT2D eigenvalue weighted by Gasteiger charge is -2.13. The average molecular weight is 236 g/mol. The number of hydrogen-bond acceptors (Lipinski definition) is 5. The minimum absolute atomic E-state index is 0.0112. The van der Waals surface area contributed by atoms with Gasteiger partial charge in [0.05, 0.1) is 12.5 Å². The van der Waals surface area contributed by atoms with E-state index in [-0.39, 0.29) is 12.5 Å². The number of nitrogens with one attached hydrogen (secondary N) is 1. The van der Waals surface area contributed by atoms with Crippen LogP contribution in [0.4, 0.5) is 0 Å². The van der Waals surface area contributed by atoms with Gasteiger partial charge in [-0.2, -0.15) is 5.10 Å². The molecule has 2 rings (SSSR count). The Kier molecular flexibility index (Phi) is 3.12. The van der Waals surface area contributed by atoms with Crippen molar-refractivity contribution in [3.8, 4) is 11.5 Å². The molecule has 1 atom stereocenters. The Morgan fingerprint density at radius 2 is 2.47 bits per heavy atom. The molecule has 0 spiro atoms. The van der Waals surface area contributed by atoms with Crippen molar-refractivity contribution in [1.29, 1.82) is 0 Å². The number of carbonyl (C=O) groups is 1. The maximum absolute atomic E-state index is 10.8. The molecule has 2 aromatic heterocycles. The van der Waals surface area contributed by atoms with Gasteiger partial charge in [-0.25, -0.2) is 4.68 Å². The second-order valence-corrected chi connectivity index (χ2v) is 3.58. The molecule has 2 N–H and O–H groups in total. The standard InChI is InChI=1S/C9H12N6O2/c1-2-6(5-8(16)17)15-9(12-13-14-15)7-3-4-10-11-7/h3-4,6H,2,5H2,1H3,(H,10,11)(H,16,17). The van der Waals surface area contributed by atoms with Crippen LogP contribution in [0.15, 0.2) is 12.3 Å². The lowest BCUT2D eigenvalue weighted by atomic mass is 10.1. The van der Waals surface area contributed by atoms with E-state index >= 15 is 0 Å². The van der Waals surface area contributed by atoms with E-state index in [0.717, 1.165) is 0 Å². The van der Waals surface area contributed by atoms with Gasteiger partial charge >= 0.3 is 5.97 Å². The lowest BCUT2D eigenvalue weighted by Crippen LogP contribution is -2.15. The summed E-state index contributed by atoms with van der Waals surface area (Å²) in [5.74, 6) is -0.376. The van der Waals surface area contributed by atoms with E-state index in [4.69, 9.17) is 5.11 Å². The molecule has 0 aliphatic heterocycles. The molecule has 0 aliphatic rings. The van der Waals surface area contributed by atoms with Crippen LogP contribution < -0.4 is 0 Å². The Balaban J connectivity index is 2.32. The molecule has 8 heteroatoms. The third-order valence-electron chi connectivity index (χ3n) is 2.46. The fourth-order valence-electron chi connectivity index (χ4n) is 1.60. The van der Waals surface area contributed by atoms with Crippen LogP contribution in [0.5, 0.6) is 0 Å². The van der Waals surface area contributed by atoms with E-state index in [9.17, 15) is 4.79 Å². The first-order chi connectivity index (χ1) is 8.22. The number of tetrazole rings is 1. The van der Waals surface area contributed by atoms with Gasteiger partial charge < -0.3 is 5.11 Å². The Labute approximate surface area is 96.6 Å². The van der Waals surface area contributed by atoms with Crippen molar-refractivity contribution in [3.63, 3.8) is 0 Å². The Morgan fingerprint density at radius 1 is 1.65 bits per heavy atom. The summed E-state index contributed by atoms with van der Waals surface area (Å²) >= 11 is 0. The number of carboxylic acids is 1. The fourth-order valence-corrected chi connectivity index (χ4v) is 1.60. The van der Waals surface area contributed by atoms with Crippen LogP contribution in [0.2, 0.25) is 0 Å². The van der Waals surface area contributed by atoms with E-state index in [0.29, 0.717) is 17.9 Å². The molecule has 0 radical (unpaired) electrons. The second-order valence-electron chi connectivity index (χ2n) is 3.58. The number of rotatable bonds is 5. The van der Waals surface area contributed by atoms with Crippen LogP contribution in [0, 0.1) is 0 Å². The summed E-state index contributed by atoms with van der Waals surface area (Å²) < 4.78 is 1.52. The van der Waals surface area contributed by atoms with Crippen molar-refractivity contribution >= 4 is 5.97 Å². The van der Waals surface area contributed by atoms with E-state index in [1.54, 1.807) is 12.3 Å². The first-order valence-electron chi connectivity index (χ1n) is 5.21. The second kappa shape index (κ2) is 4.73. The number of nitrogens with zero attached hydrogens (tertiary/aromatic N) is 5. The molecule has 0 bridgehead atoms. The average Bonchev–Trinajstić information content (AvgIpc) is 2.94. The fraction of sp³-hybridized carbons (Fsp3) is 0.444. The number of aliphatic carboxylic acids is 1. The first kappa shape index (κ1) is 11.2. The van der Waals surface area contributed by atoms with Gasteiger partial charge in [-0.1, -0.05) is 6.92 Å². The summed E-state index contributed by atoms with van der Waals surface area (Å²) in [7, 11) is 0. The lowest BCUT2D eigenvalue weighted by molar-refractivity contribution is -0.138. The molecule has 8 nitrogen and oxygen atoms in total. The van der Waals surface area contributed by atoms with Crippen LogP contribution in [-0.2, 0) is 4.79 Å². The third-order valence-corrected chi connectivity index (χ3v) is 2.46. The number of hydrogen-bond donors (Lipinski definition) is 2. The maximum atomic E-state index is 10.8. The van der Waals surface area contributed by atoms with Gasteiger partial charge in [0.25, 0.3) is 0 Å². The molecule has 0 saturated heterocycles. The highest BCUT2D eigenvalue weighted by Crippen LogP contribution is 2.21. The van der Waals surface area contributed by atoms with Crippen LogP contribution >= 0.6 is 0 Å². The van der Waals surface area contributed by atoms with Gasteiger partial charge in [-0.05, 0) is 22.9 Å². The van der Waals surface area contributed by atoms with Gasteiger partial charge in [0.2, 0.25) is 0 Å². The van der Waals surface area contributed by atoms with Crippen molar-refractivity contribution < 1.29 is 9.90 Å². The molecular weight excluding hydrogens is 224 g/mol. The predicted molar refractivity (Wildman–Crippen MR) is 57.0 cm³/mol. The molecule has 2 heterocycles. The summed E-state index contributed by atoms with van der Waals surface area (Å²) in [4.78, 5) is 10.8. The monoisotopic (exact) mass is 236 g/mol. The summed E-state index contributed by atoms with van der Waals surface area (Å²) in [6.45, 7) is 1.89. The van der Waals surface area contributed by atoms with Crippen LogP contribution in [0.1, 0.15) is 25.8 Å². The predicted octanol–water partition coefficient (Wildman–Crippen LogP) is 0.489. The molecule has 0 saturated carbocycles. The molecule has 0 fully saturated rings. The molecule has 1 unspecified atom stereocenters. The first-order valence-corrected chi connectivity index (χ1v) is 5.21. The number of aromatic amines is 1. The van der Waals surface area contributed by atoms with Crippen molar-refractivity contribution in [1.82, 2.24) is 30.4 Å². The van der Waals surface area contributed by atoms with Gasteiger partial charge in [0.15, 0.2) is 5.82 Å². The molecule has 90 valence electrons. The minimum Gasteiger partial charge on any atom is -0.481 e. The highest BCUT2D eigenvalue weighted by molar-refractivity contribution is 5.67. The molecular formula is C9H12N6O2. The van der Waals surface area contributed by atoms with Gasteiger partial charge in [0, 0.05) is 6.20 Å². The topological polar surface area (TPSA) is 110 Å². The van der Waals surface area contributed by atoms with Crippen molar-refractivity contribution in [2.24, 2.45) is 0 Å². The van der Waals surface area contributed by atoms with Crippen LogP contribution in [0.3, 0.4) is 0 Å².